The number of hydrogen-bond donors (Lipinski definition) is 5. The molecule has 3 heterocycles. The van der Waals surface area contributed by atoms with Crippen LogP contribution in [0.3, 0.4) is 0 Å². The van der Waals surface area contributed by atoms with Crippen LogP contribution in [0.4, 0.5) is 5.82 Å². The minimum absolute atomic E-state index is 0.0237. The van der Waals surface area contributed by atoms with Gasteiger partial charge in [-0.05, 0) is 13.3 Å². The zero-order chi connectivity index (χ0) is 37.0. The van der Waals surface area contributed by atoms with Crippen LogP contribution in [-0.2, 0) is 51.6 Å². The van der Waals surface area contributed by atoms with Crippen LogP contribution in [0.5, 0.6) is 0 Å². The van der Waals surface area contributed by atoms with E-state index in [-0.39, 0.29) is 35.9 Å². The number of rotatable bonds is 18. The van der Waals surface area contributed by atoms with Crippen molar-refractivity contribution in [1.29, 1.82) is 0 Å². The molecule has 23 nitrogen and oxygen atoms in total. The van der Waals surface area contributed by atoms with Gasteiger partial charge in [0.05, 0.1) is 27.4 Å². The third-order valence-corrected chi connectivity index (χ3v) is 10.1. The summed E-state index contributed by atoms with van der Waals surface area (Å²) in [6.45, 7) is 3.53. The first-order valence-corrected chi connectivity index (χ1v) is 18.8. The minimum atomic E-state index is -5.90. The maximum Gasteiger partial charge on any atom is 0.274 e. The Morgan fingerprint density at radius 2 is 1.78 bits per heavy atom. The predicted octanol–water partition coefficient (Wildman–Crippen LogP) is -3.54. The number of aromatic nitrogens is 4. The molecule has 3 rings (SSSR count). The smallest absolute Gasteiger partial charge is 0.274 e. The number of amides is 2. The zero-order valence-corrected chi connectivity index (χ0v) is 29.2. The number of phosphoric ester groups is 3. The summed E-state index contributed by atoms with van der Waals surface area (Å²) in [4.78, 5) is 83.5. The van der Waals surface area contributed by atoms with Crippen LogP contribution < -0.4 is 35.9 Å². The van der Waals surface area contributed by atoms with Crippen molar-refractivity contribution in [3.63, 3.8) is 0 Å². The lowest BCUT2D eigenvalue weighted by Gasteiger charge is -2.36. The van der Waals surface area contributed by atoms with E-state index in [4.69, 9.17) is 10.5 Å². The van der Waals surface area contributed by atoms with Crippen LogP contribution in [0.1, 0.15) is 40.5 Å². The molecule has 26 heteroatoms. The van der Waals surface area contributed by atoms with Gasteiger partial charge in [0.2, 0.25) is 11.8 Å². The molecule has 7 unspecified atom stereocenters. The minimum Gasteiger partial charge on any atom is -0.790 e. The number of anilines is 1. The lowest BCUT2D eigenvalue weighted by atomic mass is 9.87. The molecule has 1 aliphatic rings. The molecule has 0 aromatic carbocycles. The number of hydrogen-bond acceptors (Lipinski definition) is 20. The van der Waals surface area contributed by atoms with Gasteiger partial charge in [-0.3, -0.25) is 23.3 Å². The predicted molar refractivity (Wildman–Crippen MR) is 156 cm³/mol. The molecule has 0 saturated carbocycles. The second-order valence-corrected chi connectivity index (χ2v) is 15.6. The topological polar surface area (TPSA) is 358 Å². The molecule has 1 fully saturated rings. The monoisotopic (exact) mass is 759 g/mol. The number of ether oxygens (including phenoxy) is 1. The van der Waals surface area contributed by atoms with Crippen molar-refractivity contribution in [2.75, 3.05) is 32.0 Å². The normalized spacial score (nSPS) is 24.7. The highest BCUT2D eigenvalue weighted by molar-refractivity contribution is 7.59. The van der Waals surface area contributed by atoms with Gasteiger partial charge in [0, 0.05) is 24.9 Å². The molecule has 0 bridgehead atoms. The highest BCUT2D eigenvalue weighted by Crippen LogP contribution is 2.56. The molecule has 0 aliphatic carbocycles. The Morgan fingerprint density at radius 1 is 1.12 bits per heavy atom. The van der Waals surface area contributed by atoms with Gasteiger partial charge in [0.15, 0.2) is 17.2 Å². The lowest BCUT2D eigenvalue weighted by Crippen LogP contribution is -2.46. The molecule has 0 spiro atoms. The third kappa shape index (κ3) is 10.8. The first-order chi connectivity index (χ1) is 22.5. The molecule has 49 heavy (non-hydrogen) atoms. The number of aliphatic hydroxyl groups excluding tert-OH is 2. The summed E-state index contributed by atoms with van der Waals surface area (Å²) in [6, 6.07) is 0. The molecule has 2 aromatic heterocycles. The Balaban J connectivity index is 1.64. The van der Waals surface area contributed by atoms with E-state index in [0.717, 1.165) is 17.2 Å². The Labute approximate surface area is 278 Å². The number of nitrogens with zero attached hydrogens (tertiary/aromatic N) is 4. The number of nitrogens with two attached hydrogens (primary N) is 1. The second kappa shape index (κ2) is 15.8. The van der Waals surface area contributed by atoms with Gasteiger partial charge in [0.1, 0.15) is 36.3 Å². The molecule has 2 amide bonds. The summed E-state index contributed by atoms with van der Waals surface area (Å²) in [5.41, 5.74) is 2.09. The number of fused-ring (bicyclic) bond motifs is 1. The van der Waals surface area contributed by atoms with Crippen LogP contribution in [-0.4, -0.2) is 92.3 Å². The SMILES string of the molecule is CCCNC(=O)CCNC(=O)C(O)C(C)(C)COP(=O)([O-])OP(=O)([O-])OCC1OC(C)(n2cnc3c(N)ncnc32)C(O)C1OP(=O)([O-])[O-]. The number of imidazole rings is 1. The number of aliphatic hydroxyl groups is 2. The fourth-order valence-corrected chi connectivity index (χ4v) is 7.22. The van der Waals surface area contributed by atoms with Crippen molar-refractivity contribution in [1.82, 2.24) is 30.2 Å². The zero-order valence-electron chi connectivity index (χ0n) is 26.5. The van der Waals surface area contributed by atoms with Gasteiger partial charge in [-0.25, -0.2) is 19.3 Å². The van der Waals surface area contributed by atoms with Gasteiger partial charge in [-0.1, -0.05) is 20.8 Å². The number of nitrogens with one attached hydrogen (secondary N) is 2. The summed E-state index contributed by atoms with van der Waals surface area (Å²) in [6.07, 6.45) is -5.16. The van der Waals surface area contributed by atoms with Crippen molar-refractivity contribution in [3.05, 3.63) is 12.7 Å². The van der Waals surface area contributed by atoms with Crippen molar-refractivity contribution in [2.24, 2.45) is 5.41 Å². The molecule has 278 valence electrons. The highest BCUT2D eigenvalue weighted by atomic mass is 31.3. The average Bonchev–Trinajstić information content (AvgIpc) is 3.53. The lowest BCUT2D eigenvalue weighted by molar-refractivity contribution is -0.347. The van der Waals surface area contributed by atoms with Gasteiger partial charge in [0.25, 0.3) is 15.6 Å². The van der Waals surface area contributed by atoms with Crippen molar-refractivity contribution in [2.45, 2.75) is 70.7 Å². The number of carbonyl (C=O) groups is 2. The maximum absolute atomic E-state index is 12.5. The fraction of sp³-hybridized carbons (Fsp3) is 0.696. The molecular formula is C23H36N7O16P3-4. The Kier molecular flexibility index (Phi) is 13.2. The molecule has 1 aliphatic heterocycles. The standard InChI is InChI=1S/C23H40N7O16P3/c1-5-7-25-14(31)6-8-26-21(34)18(33)22(2,3)10-43-49(40,41)46-48(38,39)42-9-13-16(45-47(35,36)37)17(32)23(4,44-13)30-12-29-15-19(24)27-11-28-20(15)30/h11-13,16-18,32-33H,5-10H2,1-4H3,(H,25,31)(H,26,34)(H,38,39)(H,40,41)(H2,24,27,28)(H2,35,36,37)/p-4. The van der Waals surface area contributed by atoms with Gasteiger partial charge < -0.3 is 69.0 Å². The molecular weight excluding hydrogens is 723 g/mol. The van der Waals surface area contributed by atoms with Crippen molar-refractivity contribution >= 4 is 52.3 Å². The van der Waals surface area contributed by atoms with Gasteiger partial charge >= 0.3 is 0 Å². The van der Waals surface area contributed by atoms with Crippen LogP contribution in [0.15, 0.2) is 12.7 Å². The number of nitrogen functional groups attached to an aromatic ring is 1. The maximum atomic E-state index is 12.5. The van der Waals surface area contributed by atoms with E-state index in [2.05, 4.69) is 43.5 Å². The van der Waals surface area contributed by atoms with E-state index < -0.39 is 78.1 Å². The third-order valence-electron chi connectivity index (χ3n) is 7.11. The summed E-state index contributed by atoms with van der Waals surface area (Å²) < 4.78 is 60.7. The number of carbonyl (C=O) groups excluding carboxylic acids is 2. The molecule has 2 aromatic rings. The largest absolute Gasteiger partial charge is 0.790 e. The van der Waals surface area contributed by atoms with Gasteiger partial charge in [-0.15, -0.1) is 0 Å². The van der Waals surface area contributed by atoms with Crippen LogP contribution in [0.2, 0.25) is 0 Å². The first kappa shape index (κ1) is 41.0. The van der Waals surface area contributed by atoms with E-state index >= 15 is 0 Å². The summed E-state index contributed by atoms with van der Waals surface area (Å²) >= 11 is 0. The van der Waals surface area contributed by atoms with Gasteiger partial charge in [-0.2, -0.15) is 0 Å². The van der Waals surface area contributed by atoms with Crippen LogP contribution >= 0.6 is 23.5 Å². The molecule has 6 N–H and O–H groups in total. The Morgan fingerprint density at radius 3 is 2.41 bits per heavy atom. The van der Waals surface area contributed by atoms with Crippen molar-refractivity contribution < 1.29 is 75.7 Å². The molecule has 0 radical (unpaired) electrons. The Bertz CT molecular complexity index is 1640. The molecule has 7 atom stereocenters. The molecule has 1 saturated heterocycles. The van der Waals surface area contributed by atoms with E-state index in [0.29, 0.717) is 13.0 Å². The average molecular weight is 759 g/mol. The summed E-state index contributed by atoms with van der Waals surface area (Å²) in [7, 11) is -17.6. The number of phosphoric acid groups is 3. The fourth-order valence-electron chi connectivity index (χ4n) is 4.49. The van der Waals surface area contributed by atoms with E-state index in [1.165, 1.54) is 20.8 Å². The Hall–Kier alpha value is -2.46. The first-order valence-electron chi connectivity index (χ1n) is 14.4. The van der Waals surface area contributed by atoms with Crippen LogP contribution in [0.25, 0.3) is 11.2 Å². The van der Waals surface area contributed by atoms with E-state index in [9.17, 15) is 53.1 Å². The van der Waals surface area contributed by atoms with E-state index in [1.807, 2.05) is 6.92 Å². The van der Waals surface area contributed by atoms with Crippen molar-refractivity contribution in [3.8, 4) is 0 Å². The highest BCUT2D eigenvalue weighted by Gasteiger charge is 2.55. The van der Waals surface area contributed by atoms with Crippen LogP contribution in [0, 0.1) is 5.41 Å². The summed E-state index contributed by atoms with van der Waals surface area (Å²) in [5, 5.41) is 26.3. The van der Waals surface area contributed by atoms with E-state index in [1.54, 1.807) is 0 Å². The quantitative estimate of drug-likeness (QED) is 0.0919. The summed E-state index contributed by atoms with van der Waals surface area (Å²) in [5.74, 6) is -1.39. The second-order valence-electron chi connectivity index (χ2n) is 11.5.